The van der Waals surface area contributed by atoms with Gasteiger partial charge in [0.15, 0.2) is 23.3 Å². The summed E-state index contributed by atoms with van der Waals surface area (Å²) >= 11 is 6.36. The number of nitrogens with one attached hydrogen (secondary N) is 1. The molecule has 1 saturated heterocycles. The third kappa shape index (κ3) is 4.63. The summed E-state index contributed by atoms with van der Waals surface area (Å²) in [5.74, 6) is -10.7. The number of halogens is 6. The largest absolute Gasteiger partial charge is 0.367 e. The second-order valence-corrected chi connectivity index (χ2v) is 8.19. The highest BCUT2D eigenvalue weighted by atomic mass is 35.5. The average molecular weight is 527 g/mol. The smallest absolute Gasteiger partial charge is 0.282 e. The molecule has 188 valence electrons. The van der Waals surface area contributed by atoms with Crippen molar-refractivity contribution >= 4 is 40.3 Å². The van der Waals surface area contributed by atoms with Crippen molar-refractivity contribution in [3.05, 3.63) is 92.3 Å². The fourth-order valence-corrected chi connectivity index (χ4v) is 4.21. The maximum Gasteiger partial charge on any atom is 0.282 e. The first-order chi connectivity index (χ1) is 17.1. The van der Waals surface area contributed by atoms with Crippen LogP contribution in [0.25, 0.3) is 0 Å². The first kappa shape index (κ1) is 25.2. The van der Waals surface area contributed by atoms with Gasteiger partial charge >= 0.3 is 0 Å². The number of rotatable bonds is 5. The Hall–Kier alpha value is -3.93. The molecule has 7 nitrogen and oxygen atoms in total. The molecule has 1 N–H and O–H groups in total. The lowest BCUT2D eigenvalue weighted by Crippen LogP contribution is -2.47. The summed E-state index contributed by atoms with van der Waals surface area (Å²) in [6.45, 7) is 0.206. The van der Waals surface area contributed by atoms with Crippen molar-refractivity contribution < 1.29 is 31.7 Å². The molecule has 36 heavy (non-hydrogen) atoms. The molecule has 0 bridgehead atoms. The molecule has 1 aliphatic rings. The Balaban J connectivity index is 1.47. The summed E-state index contributed by atoms with van der Waals surface area (Å²) in [6, 6.07) is 9.97. The highest BCUT2D eigenvalue weighted by molar-refractivity contribution is 6.33. The van der Waals surface area contributed by atoms with Crippen LogP contribution in [0.4, 0.5) is 44.7 Å². The number of hydrogen-bond acceptors (Lipinski definition) is 5. The van der Waals surface area contributed by atoms with E-state index in [1.165, 1.54) is 36.4 Å². The van der Waals surface area contributed by atoms with Crippen LogP contribution in [-0.2, 0) is 0 Å². The van der Waals surface area contributed by atoms with Gasteiger partial charge in [-0.05, 0) is 24.3 Å². The predicted octanol–water partition coefficient (Wildman–Crippen LogP) is 5.52. The number of para-hydroxylation sites is 1. The molecule has 0 atom stereocenters. The Morgan fingerprint density at radius 3 is 2.00 bits per heavy atom. The number of piperazine rings is 1. The van der Waals surface area contributed by atoms with Gasteiger partial charge in [-0.25, -0.2) is 22.0 Å². The quantitative estimate of drug-likeness (QED) is 0.156. The van der Waals surface area contributed by atoms with Crippen LogP contribution >= 0.6 is 11.6 Å². The zero-order valence-corrected chi connectivity index (χ0v) is 19.0. The first-order valence-corrected chi connectivity index (χ1v) is 10.8. The minimum atomic E-state index is -2.21. The van der Waals surface area contributed by atoms with Crippen molar-refractivity contribution in [2.24, 2.45) is 0 Å². The third-order valence-electron chi connectivity index (χ3n) is 5.67. The van der Waals surface area contributed by atoms with E-state index in [9.17, 15) is 36.9 Å². The van der Waals surface area contributed by atoms with Crippen LogP contribution in [0.2, 0.25) is 5.02 Å². The van der Waals surface area contributed by atoms with E-state index in [1.54, 1.807) is 11.0 Å². The number of carbonyl (C=O) groups is 1. The number of anilines is 3. The van der Waals surface area contributed by atoms with Crippen molar-refractivity contribution in [1.29, 1.82) is 0 Å². The van der Waals surface area contributed by atoms with E-state index in [0.717, 1.165) is 4.90 Å². The molecule has 4 rings (SSSR count). The molecule has 3 aromatic rings. The van der Waals surface area contributed by atoms with Crippen LogP contribution in [0.15, 0.2) is 42.5 Å². The molecule has 0 aliphatic carbocycles. The maximum absolute atomic E-state index is 14.1. The summed E-state index contributed by atoms with van der Waals surface area (Å²) < 4.78 is 68.8. The SMILES string of the molecule is O=C(Nc1ccc(N2CCN(c3c(F)c(F)c(F)c(F)c3F)CC2)c(Cl)c1)c1ccccc1[N+](=O)[O-]. The van der Waals surface area contributed by atoms with Crippen molar-refractivity contribution in [3.63, 3.8) is 0 Å². The molecule has 0 unspecified atom stereocenters. The molecule has 0 aromatic heterocycles. The number of benzene rings is 3. The number of nitro groups is 1. The third-order valence-corrected chi connectivity index (χ3v) is 5.98. The topological polar surface area (TPSA) is 78.7 Å². The number of carbonyl (C=O) groups excluding carboxylic acids is 1. The van der Waals surface area contributed by atoms with Crippen molar-refractivity contribution in [3.8, 4) is 0 Å². The molecule has 3 aromatic carbocycles. The second-order valence-electron chi connectivity index (χ2n) is 7.79. The molecule has 0 spiro atoms. The van der Waals surface area contributed by atoms with Crippen LogP contribution in [0.3, 0.4) is 0 Å². The summed E-state index contributed by atoms with van der Waals surface area (Å²) in [6.07, 6.45) is 0. The van der Waals surface area contributed by atoms with Crippen LogP contribution < -0.4 is 15.1 Å². The Kier molecular flexibility index (Phi) is 6.97. The number of amides is 1. The molecular formula is C23H16ClF5N4O3. The zero-order valence-electron chi connectivity index (χ0n) is 18.2. The zero-order chi connectivity index (χ0) is 26.1. The molecule has 1 aliphatic heterocycles. The van der Waals surface area contributed by atoms with Gasteiger partial charge in [-0.2, -0.15) is 0 Å². The number of nitrogens with zero attached hydrogens (tertiary/aromatic N) is 3. The molecular weight excluding hydrogens is 511 g/mol. The number of nitro benzene ring substituents is 1. The van der Waals surface area contributed by atoms with Gasteiger partial charge in [0.05, 0.1) is 15.6 Å². The van der Waals surface area contributed by atoms with Crippen molar-refractivity contribution in [1.82, 2.24) is 0 Å². The standard InChI is InChI=1S/C23H16ClF5N4O3/c24-14-11-12(30-23(34)13-3-1-2-4-15(13)33(35)36)5-6-16(14)31-7-9-32(10-8-31)22-20(28)18(26)17(25)19(27)21(22)29/h1-6,11H,7-10H2,(H,30,34). The van der Waals surface area contributed by atoms with E-state index in [0.29, 0.717) is 5.69 Å². The molecule has 13 heteroatoms. The molecule has 1 heterocycles. The van der Waals surface area contributed by atoms with Crippen LogP contribution in [-0.4, -0.2) is 37.0 Å². The van der Waals surface area contributed by atoms with Crippen molar-refractivity contribution in [2.45, 2.75) is 0 Å². The Morgan fingerprint density at radius 2 is 1.42 bits per heavy atom. The predicted molar refractivity (Wildman–Crippen MR) is 123 cm³/mol. The average Bonchev–Trinajstić information content (AvgIpc) is 2.87. The lowest BCUT2D eigenvalue weighted by molar-refractivity contribution is -0.385. The molecule has 1 amide bonds. The van der Waals surface area contributed by atoms with Gasteiger partial charge in [0.2, 0.25) is 5.82 Å². The van der Waals surface area contributed by atoms with E-state index in [4.69, 9.17) is 11.6 Å². The maximum atomic E-state index is 14.1. The van der Waals surface area contributed by atoms with E-state index in [-0.39, 0.29) is 48.1 Å². The van der Waals surface area contributed by atoms with Crippen molar-refractivity contribution in [2.75, 3.05) is 41.3 Å². The Labute approximate surface area is 205 Å². The first-order valence-electron chi connectivity index (χ1n) is 10.5. The van der Waals surface area contributed by atoms with E-state index in [2.05, 4.69) is 5.32 Å². The van der Waals surface area contributed by atoms with Crippen LogP contribution in [0, 0.1) is 39.2 Å². The fourth-order valence-electron chi connectivity index (χ4n) is 3.91. The van der Waals surface area contributed by atoms with Gasteiger partial charge in [0.1, 0.15) is 11.3 Å². The molecule has 1 fully saturated rings. The van der Waals surface area contributed by atoms with E-state index < -0.39 is 45.6 Å². The highest BCUT2D eigenvalue weighted by Crippen LogP contribution is 2.34. The summed E-state index contributed by atoms with van der Waals surface area (Å²) in [5.41, 5.74) is -0.689. The summed E-state index contributed by atoms with van der Waals surface area (Å²) in [7, 11) is 0. The normalized spacial score (nSPS) is 13.6. The summed E-state index contributed by atoms with van der Waals surface area (Å²) in [4.78, 5) is 25.8. The van der Waals surface area contributed by atoms with Crippen LogP contribution in [0.5, 0.6) is 0 Å². The summed E-state index contributed by atoms with van der Waals surface area (Å²) in [5, 5.41) is 13.9. The second kappa shape index (κ2) is 9.97. The van der Waals surface area contributed by atoms with Gasteiger partial charge in [0, 0.05) is 37.9 Å². The van der Waals surface area contributed by atoms with Gasteiger partial charge in [-0.15, -0.1) is 0 Å². The van der Waals surface area contributed by atoms with E-state index >= 15 is 0 Å². The lowest BCUT2D eigenvalue weighted by Gasteiger charge is -2.38. The Morgan fingerprint density at radius 1 is 0.861 bits per heavy atom. The van der Waals surface area contributed by atoms with Gasteiger partial charge < -0.3 is 15.1 Å². The van der Waals surface area contributed by atoms with Gasteiger partial charge in [0.25, 0.3) is 11.6 Å². The monoisotopic (exact) mass is 526 g/mol. The number of hydrogen-bond donors (Lipinski definition) is 1. The molecule has 0 radical (unpaired) electrons. The lowest BCUT2D eigenvalue weighted by atomic mass is 10.1. The van der Waals surface area contributed by atoms with Crippen LogP contribution in [0.1, 0.15) is 10.4 Å². The fraction of sp³-hybridized carbons (Fsp3) is 0.174. The van der Waals surface area contributed by atoms with E-state index in [1.807, 2.05) is 0 Å². The Bertz CT molecular complexity index is 1340. The molecule has 0 saturated carbocycles. The highest BCUT2D eigenvalue weighted by Gasteiger charge is 2.31. The minimum Gasteiger partial charge on any atom is -0.367 e. The minimum absolute atomic E-state index is 0.0508. The van der Waals surface area contributed by atoms with Gasteiger partial charge in [-0.1, -0.05) is 23.7 Å². The van der Waals surface area contributed by atoms with Gasteiger partial charge in [-0.3, -0.25) is 14.9 Å².